The highest BCUT2D eigenvalue weighted by Crippen LogP contribution is 2.29. The normalized spacial score (nSPS) is 20.5. The van der Waals surface area contributed by atoms with Crippen molar-refractivity contribution < 1.29 is 40.7 Å². The standard InChI is InChI=1S/C19H27F4N3O5S/c20-18(21)19(22,23)31-16-3-1-15(2-4-16)25-7-9-26(10-8-25)32(28,29)13-17(24-27)14-5-11-30-12-6-14/h1-4,14,17-18,24,27H,5-13H2. The van der Waals surface area contributed by atoms with E-state index < -0.39 is 34.3 Å². The molecule has 182 valence electrons. The Morgan fingerprint density at radius 1 is 1.12 bits per heavy atom. The Bertz CT molecular complexity index is 830. The predicted octanol–water partition coefficient (Wildman–Crippen LogP) is 2.15. The molecule has 2 aliphatic rings. The molecule has 3 rings (SSSR count). The number of hydroxylamine groups is 1. The van der Waals surface area contributed by atoms with Gasteiger partial charge in [-0.05, 0) is 43.0 Å². The van der Waals surface area contributed by atoms with Crippen LogP contribution in [0.2, 0.25) is 0 Å². The minimum Gasteiger partial charge on any atom is -0.428 e. The lowest BCUT2D eigenvalue weighted by molar-refractivity contribution is -0.253. The Morgan fingerprint density at radius 3 is 2.25 bits per heavy atom. The van der Waals surface area contributed by atoms with E-state index in [4.69, 9.17) is 4.74 Å². The van der Waals surface area contributed by atoms with Gasteiger partial charge in [0, 0.05) is 45.1 Å². The third-order valence-corrected chi connectivity index (χ3v) is 7.67. The van der Waals surface area contributed by atoms with Gasteiger partial charge in [0.25, 0.3) is 0 Å². The largest absolute Gasteiger partial charge is 0.461 e. The molecule has 0 aromatic heterocycles. The van der Waals surface area contributed by atoms with Crippen molar-refractivity contribution in [2.45, 2.75) is 31.4 Å². The molecule has 2 N–H and O–H groups in total. The first-order valence-electron chi connectivity index (χ1n) is 10.3. The van der Waals surface area contributed by atoms with Crippen LogP contribution in [0.3, 0.4) is 0 Å². The third kappa shape index (κ3) is 6.22. The van der Waals surface area contributed by atoms with Crippen LogP contribution in [0.15, 0.2) is 24.3 Å². The van der Waals surface area contributed by atoms with Crippen molar-refractivity contribution in [2.75, 3.05) is 50.0 Å². The fourth-order valence-corrected chi connectivity index (χ4v) is 5.61. The molecule has 13 heteroatoms. The van der Waals surface area contributed by atoms with Gasteiger partial charge in [-0.2, -0.15) is 21.9 Å². The van der Waals surface area contributed by atoms with Crippen LogP contribution in [0.25, 0.3) is 0 Å². The average Bonchev–Trinajstić information content (AvgIpc) is 2.78. The molecule has 2 saturated heterocycles. The summed E-state index contributed by atoms with van der Waals surface area (Å²) in [5.74, 6) is -0.614. The Balaban J connectivity index is 1.54. The van der Waals surface area contributed by atoms with Crippen molar-refractivity contribution in [3.8, 4) is 5.75 Å². The van der Waals surface area contributed by atoms with E-state index in [1.807, 2.05) is 4.90 Å². The number of ether oxygens (including phenoxy) is 2. The average molecular weight is 486 g/mol. The fraction of sp³-hybridized carbons (Fsp3) is 0.684. The number of sulfonamides is 1. The minimum absolute atomic E-state index is 0.00277. The molecule has 2 heterocycles. The molecule has 2 fully saturated rings. The molecular formula is C19H27F4N3O5S. The summed E-state index contributed by atoms with van der Waals surface area (Å²) in [6, 6.07) is 4.66. The minimum atomic E-state index is -4.58. The van der Waals surface area contributed by atoms with E-state index in [0.29, 0.717) is 44.8 Å². The van der Waals surface area contributed by atoms with Gasteiger partial charge in [0.15, 0.2) is 0 Å². The van der Waals surface area contributed by atoms with Crippen LogP contribution >= 0.6 is 0 Å². The topological polar surface area (TPSA) is 91.3 Å². The van der Waals surface area contributed by atoms with Crippen molar-refractivity contribution in [1.29, 1.82) is 0 Å². The van der Waals surface area contributed by atoms with E-state index >= 15 is 0 Å². The van der Waals surface area contributed by atoms with Gasteiger partial charge in [0.05, 0.1) is 11.8 Å². The van der Waals surface area contributed by atoms with E-state index in [1.54, 1.807) is 0 Å². The summed E-state index contributed by atoms with van der Waals surface area (Å²) in [5, 5.41) is 9.47. The number of hydrogen-bond donors (Lipinski definition) is 2. The second-order valence-corrected chi connectivity index (χ2v) is 9.82. The van der Waals surface area contributed by atoms with E-state index in [0.717, 1.165) is 0 Å². The van der Waals surface area contributed by atoms with Crippen molar-refractivity contribution in [1.82, 2.24) is 9.79 Å². The molecule has 0 aliphatic carbocycles. The lowest BCUT2D eigenvalue weighted by Gasteiger charge is -2.37. The van der Waals surface area contributed by atoms with E-state index in [1.165, 1.54) is 28.6 Å². The molecule has 2 aliphatic heterocycles. The molecule has 1 aromatic carbocycles. The molecule has 0 amide bonds. The summed E-state index contributed by atoms with van der Waals surface area (Å²) in [6.07, 6.45) is -7.17. The second-order valence-electron chi connectivity index (χ2n) is 7.81. The van der Waals surface area contributed by atoms with Gasteiger partial charge in [0.2, 0.25) is 10.0 Å². The van der Waals surface area contributed by atoms with Crippen LogP contribution in [0.1, 0.15) is 12.8 Å². The number of nitrogens with zero attached hydrogens (tertiary/aromatic N) is 2. The van der Waals surface area contributed by atoms with Crippen LogP contribution in [0.4, 0.5) is 23.2 Å². The molecular weight excluding hydrogens is 458 g/mol. The fourth-order valence-electron chi connectivity index (χ4n) is 3.88. The monoisotopic (exact) mass is 485 g/mol. The number of rotatable bonds is 9. The zero-order valence-corrected chi connectivity index (χ0v) is 18.1. The molecule has 1 atom stereocenters. The molecule has 0 saturated carbocycles. The smallest absolute Gasteiger partial charge is 0.428 e. The van der Waals surface area contributed by atoms with Crippen molar-refractivity contribution in [2.24, 2.45) is 5.92 Å². The van der Waals surface area contributed by atoms with Gasteiger partial charge in [-0.1, -0.05) is 0 Å². The van der Waals surface area contributed by atoms with Crippen molar-refractivity contribution in [3.05, 3.63) is 24.3 Å². The maximum Gasteiger partial charge on any atom is 0.461 e. The number of benzene rings is 1. The Kier molecular flexibility index (Phi) is 8.20. The summed E-state index contributed by atoms with van der Waals surface area (Å²) in [7, 11) is -3.62. The summed E-state index contributed by atoms with van der Waals surface area (Å²) in [5.41, 5.74) is 2.78. The lowest BCUT2D eigenvalue weighted by atomic mass is 9.93. The number of piperazine rings is 1. The summed E-state index contributed by atoms with van der Waals surface area (Å²) in [4.78, 5) is 1.86. The van der Waals surface area contributed by atoms with Crippen LogP contribution in [-0.2, 0) is 14.8 Å². The number of hydrogen-bond acceptors (Lipinski definition) is 7. The number of nitrogens with one attached hydrogen (secondary N) is 1. The van der Waals surface area contributed by atoms with Crippen LogP contribution in [0, 0.1) is 5.92 Å². The Hall–Kier alpha value is -1.67. The van der Waals surface area contributed by atoms with Gasteiger partial charge in [-0.3, -0.25) is 0 Å². The molecule has 0 radical (unpaired) electrons. The predicted molar refractivity (Wildman–Crippen MR) is 108 cm³/mol. The molecule has 8 nitrogen and oxygen atoms in total. The molecule has 1 unspecified atom stereocenters. The number of halogens is 4. The molecule has 1 aromatic rings. The van der Waals surface area contributed by atoms with E-state index in [9.17, 15) is 31.2 Å². The van der Waals surface area contributed by atoms with Crippen LogP contribution < -0.4 is 15.1 Å². The Morgan fingerprint density at radius 2 is 1.72 bits per heavy atom. The Labute approximate surface area is 184 Å². The molecule has 0 bridgehead atoms. The summed E-state index contributed by atoms with van der Waals surface area (Å²) < 4.78 is 86.9. The zero-order valence-electron chi connectivity index (χ0n) is 17.3. The highest BCUT2D eigenvalue weighted by atomic mass is 32.2. The first-order valence-corrected chi connectivity index (χ1v) is 11.9. The van der Waals surface area contributed by atoms with Gasteiger partial charge in [-0.15, -0.1) is 0 Å². The van der Waals surface area contributed by atoms with E-state index in [2.05, 4.69) is 10.2 Å². The number of anilines is 1. The second kappa shape index (κ2) is 10.5. The highest BCUT2D eigenvalue weighted by molar-refractivity contribution is 7.89. The first kappa shape index (κ1) is 25.0. The van der Waals surface area contributed by atoms with Gasteiger partial charge in [0.1, 0.15) is 5.75 Å². The first-order chi connectivity index (χ1) is 15.1. The number of alkyl halides is 4. The lowest BCUT2D eigenvalue weighted by Crippen LogP contribution is -2.52. The molecule has 0 spiro atoms. The van der Waals surface area contributed by atoms with Crippen LogP contribution in [0.5, 0.6) is 5.75 Å². The maximum absolute atomic E-state index is 13.0. The summed E-state index contributed by atoms with van der Waals surface area (Å²) in [6.45, 7) is 2.23. The molecule has 32 heavy (non-hydrogen) atoms. The van der Waals surface area contributed by atoms with Crippen LogP contribution in [-0.4, -0.2) is 81.7 Å². The van der Waals surface area contributed by atoms with Gasteiger partial charge < -0.3 is 19.6 Å². The van der Waals surface area contributed by atoms with E-state index in [-0.39, 0.29) is 24.8 Å². The van der Waals surface area contributed by atoms with Gasteiger partial charge in [-0.25, -0.2) is 13.9 Å². The van der Waals surface area contributed by atoms with Crippen molar-refractivity contribution in [3.63, 3.8) is 0 Å². The third-order valence-electron chi connectivity index (χ3n) is 5.73. The highest BCUT2D eigenvalue weighted by Gasteiger charge is 2.44. The SMILES string of the molecule is O=S(=O)(CC(NO)C1CCOCC1)N1CCN(c2ccc(OC(F)(F)C(F)F)cc2)CC1. The van der Waals surface area contributed by atoms with Crippen molar-refractivity contribution >= 4 is 15.7 Å². The quantitative estimate of drug-likeness (QED) is 0.409. The summed E-state index contributed by atoms with van der Waals surface area (Å²) >= 11 is 0. The maximum atomic E-state index is 13.0. The van der Waals surface area contributed by atoms with Gasteiger partial charge >= 0.3 is 12.5 Å². The zero-order chi connectivity index (χ0) is 23.4.